The van der Waals surface area contributed by atoms with E-state index in [2.05, 4.69) is 6.58 Å². The molecule has 0 spiro atoms. The van der Waals surface area contributed by atoms with Gasteiger partial charge in [-0.15, -0.1) is 0 Å². The summed E-state index contributed by atoms with van der Waals surface area (Å²) < 4.78 is 4.88. The molecule has 0 heterocycles. The van der Waals surface area contributed by atoms with Crippen molar-refractivity contribution in [1.29, 1.82) is 0 Å². The minimum absolute atomic E-state index is 0.265. The number of hydrogen-bond donors (Lipinski definition) is 0. The molecule has 0 N–H and O–H groups in total. The Kier molecular flexibility index (Phi) is 3.26. The molecule has 1 aromatic rings. The van der Waals surface area contributed by atoms with Crippen molar-refractivity contribution in [3.05, 3.63) is 42.0 Å². The molecule has 1 rings (SSSR count). The Morgan fingerprint density at radius 3 is 2.85 bits per heavy atom. The first-order chi connectivity index (χ1) is 6.24. The van der Waals surface area contributed by atoms with Crippen molar-refractivity contribution in [3.63, 3.8) is 0 Å². The van der Waals surface area contributed by atoms with Crippen LogP contribution in [0.1, 0.15) is 18.1 Å². The van der Waals surface area contributed by atoms with E-state index in [1.807, 2.05) is 24.3 Å². The zero-order valence-electron chi connectivity index (χ0n) is 7.62. The highest BCUT2D eigenvalue weighted by Gasteiger charge is 1.99. The molecule has 1 aromatic carbocycles. The van der Waals surface area contributed by atoms with Gasteiger partial charge in [0.1, 0.15) is 6.61 Å². The lowest BCUT2D eigenvalue weighted by Crippen LogP contribution is -1.99. The fourth-order valence-electron chi connectivity index (χ4n) is 1.04. The largest absolute Gasteiger partial charge is 0.461 e. The van der Waals surface area contributed by atoms with Gasteiger partial charge >= 0.3 is 5.97 Å². The zero-order valence-corrected chi connectivity index (χ0v) is 7.62. The third-order valence-corrected chi connectivity index (χ3v) is 1.71. The van der Waals surface area contributed by atoms with Crippen LogP contribution in [0, 0.1) is 0 Å². The molecular weight excluding hydrogens is 164 g/mol. The summed E-state index contributed by atoms with van der Waals surface area (Å²) in [5.74, 6) is -0.265. The molecular formula is C11H12O2. The molecule has 13 heavy (non-hydrogen) atoms. The smallest absolute Gasteiger partial charge is 0.302 e. The van der Waals surface area contributed by atoms with Gasteiger partial charge in [-0.25, -0.2) is 0 Å². The van der Waals surface area contributed by atoms with Crippen LogP contribution >= 0.6 is 0 Å². The van der Waals surface area contributed by atoms with Gasteiger partial charge in [-0.1, -0.05) is 36.9 Å². The quantitative estimate of drug-likeness (QED) is 0.661. The highest BCUT2D eigenvalue weighted by Crippen LogP contribution is 2.10. The van der Waals surface area contributed by atoms with E-state index in [1.54, 1.807) is 6.08 Å². The Balaban J connectivity index is 2.75. The van der Waals surface area contributed by atoms with E-state index in [0.29, 0.717) is 6.61 Å². The summed E-state index contributed by atoms with van der Waals surface area (Å²) in [4.78, 5) is 10.6. The average molecular weight is 176 g/mol. The fraction of sp³-hybridized carbons (Fsp3) is 0.182. The second-order valence-corrected chi connectivity index (χ2v) is 2.68. The number of benzene rings is 1. The van der Waals surface area contributed by atoms with E-state index < -0.39 is 0 Å². The van der Waals surface area contributed by atoms with Crippen molar-refractivity contribution >= 4 is 12.0 Å². The molecule has 0 aliphatic carbocycles. The molecule has 0 aromatic heterocycles. The van der Waals surface area contributed by atoms with Gasteiger partial charge in [-0.3, -0.25) is 4.79 Å². The predicted molar refractivity (Wildman–Crippen MR) is 52.0 cm³/mol. The van der Waals surface area contributed by atoms with Crippen LogP contribution in [0.3, 0.4) is 0 Å². The van der Waals surface area contributed by atoms with Crippen LogP contribution in [-0.4, -0.2) is 5.97 Å². The van der Waals surface area contributed by atoms with E-state index in [9.17, 15) is 4.79 Å². The van der Waals surface area contributed by atoms with Crippen molar-refractivity contribution < 1.29 is 9.53 Å². The van der Waals surface area contributed by atoms with Crippen LogP contribution in [-0.2, 0) is 16.1 Å². The fourth-order valence-corrected chi connectivity index (χ4v) is 1.04. The summed E-state index contributed by atoms with van der Waals surface area (Å²) in [5, 5.41) is 0. The van der Waals surface area contributed by atoms with E-state index in [4.69, 9.17) is 4.74 Å². The van der Waals surface area contributed by atoms with Gasteiger partial charge < -0.3 is 4.74 Å². The summed E-state index contributed by atoms with van der Waals surface area (Å²) in [6.07, 6.45) is 1.75. The third kappa shape index (κ3) is 2.75. The van der Waals surface area contributed by atoms with Gasteiger partial charge in [-0.05, 0) is 11.1 Å². The summed E-state index contributed by atoms with van der Waals surface area (Å²) in [7, 11) is 0. The SMILES string of the molecule is C=Cc1ccccc1COC(C)=O. The number of ether oxygens (including phenoxy) is 1. The summed E-state index contributed by atoms with van der Waals surface area (Å²) in [6, 6.07) is 7.69. The maximum Gasteiger partial charge on any atom is 0.302 e. The van der Waals surface area contributed by atoms with Gasteiger partial charge in [0.15, 0.2) is 0 Å². The van der Waals surface area contributed by atoms with Gasteiger partial charge in [0.2, 0.25) is 0 Å². The normalized spacial score (nSPS) is 9.31. The van der Waals surface area contributed by atoms with E-state index in [0.717, 1.165) is 11.1 Å². The molecule has 0 saturated carbocycles. The Morgan fingerprint density at radius 1 is 1.54 bits per heavy atom. The number of rotatable bonds is 3. The van der Waals surface area contributed by atoms with Gasteiger partial charge in [0.05, 0.1) is 0 Å². The summed E-state index contributed by atoms with van der Waals surface area (Å²) in [6.45, 7) is 5.39. The molecule has 0 aliphatic heterocycles. The average Bonchev–Trinajstić information content (AvgIpc) is 2.15. The number of esters is 1. The van der Waals surface area contributed by atoms with Crippen molar-refractivity contribution in [2.24, 2.45) is 0 Å². The Hall–Kier alpha value is -1.57. The first-order valence-electron chi connectivity index (χ1n) is 4.07. The Bertz CT molecular complexity index is 316. The molecule has 0 fully saturated rings. The second-order valence-electron chi connectivity index (χ2n) is 2.68. The number of hydrogen-bond acceptors (Lipinski definition) is 2. The Labute approximate surface area is 77.8 Å². The molecule has 2 nitrogen and oxygen atoms in total. The first kappa shape index (κ1) is 9.52. The monoisotopic (exact) mass is 176 g/mol. The highest BCUT2D eigenvalue weighted by molar-refractivity contribution is 5.66. The molecule has 0 amide bonds. The zero-order chi connectivity index (χ0) is 9.68. The topological polar surface area (TPSA) is 26.3 Å². The maximum atomic E-state index is 10.6. The first-order valence-corrected chi connectivity index (χ1v) is 4.07. The molecule has 0 atom stereocenters. The van der Waals surface area contributed by atoms with Gasteiger partial charge in [-0.2, -0.15) is 0 Å². The second kappa shape index (κ2) is 4.45. The van der Waals surface area contributed by atoms with Crippen LogP contribution < -0.4 is 0 Å². The number of carbonyl (C=O) groups excluding carboxylic acids is 1. The molecule has 0 radical (unpaired) electrons. The van der Waals surface area contributed by atoms with Crippen molar-refractivity contribution in [2.45, 2.75) is 13.5 Å². The van der Waals surface area contributed by atoms with Crippen molar-refractivity contribution in [3.8, 4) is 0 Å². The molecule has 0 unspecified atom stereocenters. The predicted octanol–water partition coefficient (Wildman–Crippen LogP) is 2.39. The van der Waals surface area contributed by atoms with Crippen molar-refractivity contribution in [1.82, 2.24) is 0 Å². The summed E-state index contributed by atoms with van der Waals surface area (Å²) in [5.41, 5.74) is 1.98. The van der Waals surface area contributed by atoms with Crippen LogP contribution in [0.25, 0.3) is 6.08 Å². The minimum Gasteiger partial charge on any atom is -0.461 e. The molecule has 0 aliphatic rings. The molecule has 2 heteroatoms. The standard InChI is InChI=1S/C11H12O2/c1-3-10-6-4-5-7-11(10)8-13-9(2)12/h3-7H,1,8H2,2H3. The van der Waals surface area contributed by atoms with Crippen LogP contribution in [0.5, 0.6) is 0 Å². The van der Waals surface area contributed by atoms with Crippen molar-refractivity contribution in [2.75, 3.05) is 0 Å². The highest BCUT2D eigenvalue weighted by atomic mass is 16.5. The van der Waals surface area contributed by atoms with Gasteiger partial charge in [0, 0.05) is 6.92 Å². The van der Waals surface area contributed by atoms with E-state index >= 15 is 0 Å². The van der Waals surface area contributed by atoms with Gasteiger partial charge in [0.25, 0.3) is 0 Å². The lowest BCUT2D eigenvalue weighted by atomic mass is 10.1. The van der Waals surface area contributed by atoms with Crippen LogP contribution in [0.4, 0.5) is 0 Å². The lowest BCUT2D eigenvalue weighted by molar-refractivity contribution is -0.142. The third-order valence-electron chi connectivity index (χ3n) is 1.71. The Morgan fingerprint density at radius 2 is 2.23 bits per heavy atom. The lowest BCUT2D eigenvalue weighted by Gasteiger charge is -2.05. The molecule has 0 bridgehead atoms. The minimum atomic E-state index is -0.265. The van der Waals surface area contributed by atoms with E-state index in [1.165, 1.54) is 6.92 Å². The molecule has 0 saturated heterocycles. The van der Waals surface area contributed by atoms with Crippen LogP contribution in [0.15, 0.2) is 30.8 Å². The van der Waals surface area contributed by atoms with Crippen LogP contribution in [0.2, 0.25) is 0 Å². The maximum absolute atomic E-state index is 10.6. The summed E-state index contributed by atoms with van der Waals surface area (Å²) >= 11 is 0. The van der Waals surface area contributed by atoms with E-state index in [-0.39, 0.29) is 5.97 Å². The molecule has 68 valence electrons. The number of carbonyl (C=O) groups is 1.